The molecule has 0 N–H and O–H groups in total. The molecule has 40 heavy (non-hydrogen) atoms. The summed E-state index contributed by atoms with van der Waals surface area (Å²) in [5.74, 6) is 0. The van der Waals surface area contributed by atoms with Crippen molar-refractivity contribution in [3.8, 4) is 11.1 Å². The van der Waals surface area contributed by atoms with Crippen molar-refractivity contribution in [2.24, 2.45) is 0 Å². The monoisotopic (exact) mass is 519 g/mol. The Labute approximate surface area is 235 Å². The first kappa shape index (κ1) is 23.6. The van der Waals surface area contributed by atoms with Gasteiger partial charge in [-0.15, -0.1) is 0 Å². The summed E-state index contributed by atoms with van der Waals surface area (Å²) in [5.41, 5.74) is 11.3. The molecule has 3 aliphatic carbocycles. The Kier molecular flexibility index (Phi) is 5.07. The molecular weight excluding hydrogens is 486 g/mol. The summed E-state index contributed by atoms with van der Waals surface area (Å²) in [6.07, 6.45) is 5.17. The average Bonchev–Trinajstić information content (AvgIpc) is 3.38. The molecule has 1 saturated carbocycles. The highest BCUT2D eigenvalue weighted by Crippen LogP contribution is 2.57. The number of rotatable bonds is 4. The molecule has 0 unspecified atom stereocenters. The van der Waals surface area contributed by atoms with Gasteiger partial charge >= 0.3 is 0 Å². The minimum absolute atomic E-state index is 0.276. The lowest BCUT2D eigenvalue weighted by Crippen LogP contribution is -2.44. The summed E-state index contributed by atoms with van der Waals surface area (Å²) in [6.45, 7) is 4.96. The minimum atomic E-state index is 0.276. The van der Waals surface area contributed by atoms with E-state index in [4.69, 9.17) is 4.42 Å². The van der Waals surface area contributed by atoms with Crippen molar-refractivity contribution in [2.75, 3.05) is 4.90 Å². The van der Waals surface area contributed by atoms with Gasteiger partial charge in [-0.25, -0.2) is 0 Å². The van der Waals surface area contributed by atoms with Gasteiger partial charge < -0.3 is 9.32 Å². The lowest BCUT2D eigenvalue weighted by atomic mass is 9.52. The molecule has 6 aromatic rings. The maximum atomic E-state index is 6.62. The Balaban J connectivity index is 1.41. The van der Waals surface area contributed by atoms with Crippen molar-refractivity contribution < 1.29 is 4.42 Å². The van der Waals surface area contributed by atoms with Crippen LogP contribution < -0.4 is 4.90 Å². The maximum Gasteiger partial charge on any atom is 0.159 e. The molecule has 0 amide bonds. The zero-order valence-corrected chi connectivity index (χ0v) is 23.2. The van der Waals surface area contributed by atoms with Gasteiger partial charge in [0.15, 0.2) is 5.58 Å². The van der Waals surface area contributed by atoms with Crippen molar-refractivity contribution in [2.45, 2.75) is 50.4 Å². The van der Waals surface area contributed by atoms with Crippen molar-refractivity contribution >= 4 is 39.0 Å². The number of anilines is 3. The van der Waals surface area contributed by atoms with E-state index in [2.05, 4.69) is 134 Å². The van der Waals surface area contributed by atoms with Crippen LogP contribution in [0, 0.1) is 0 Å². The Bertz CT molecular complexity index is 1830. The second-order valence-electron chi connectivity index (χ2n) is 12.4. The molecule has 0 spiro atoms. The molecule has 196 valence electrons. The fraction of sp³-hybridized carbons (Fsp3) is 0.211. The number of hydrogen-bond acceptors (Lipinski definition) is 2. The van der Waals surface area contributed by atoms with Crippen molar-refractivity contribution in [3.05, 3.63) is 126 Å². The maximum absolute atomic E-state index is 6.62. The third-order valence-electron chi connectivity index (χ3n) is 9.84. The van der Waals surface area contributed by atoms with Gasteiger partial charge in [0.1, 0.15) is 5.58 Å². The highest BCUT2D eigenvalue weighted by Gasteiger charge is 2.47. The normalized spacial score (nSPS) is 21.6. The lowest BCUT2D eigenvalue weighted by molar-refractivity contribution is 0.188. The van der Waals surface area contributed by atoms with Gasteiger partial charge in [-0.2, -0.15) is 0 Å². The van der Waals surface area contributed by atoms with Crippen molar-refractivity contribution in [1.29, 1.82) is 0 Å². The topological polar surface area (TPSA) is 16.4 Å². The molecule has 1 fully saturated rings. The van der Waals surface area contributed by atoms with Gasteiger partial charge in [0.05, 0.1) is 5.69 Å². The first-order valence-electron chi connectivity index (χ1n) is 14.5. The molecular formula is C38H33NO. The van der Waals surface area contributed by atoms with Gasteiger partial charge in [0.25, 0.3) is 0 Å². The Morgan fingerprint density at radius 3 is 1.82 bits per heavy atom. The zero-order chi connectivity index (χ0) is 26.9. The molecule has 2 bridgehead atoms. The predicted molar refractivity (Wildman–Crippen MR) is 167 cm³/mol. The molecule has 0 atom stereocenters. The van der Waals surface area contributed by atoms with Crippen LogP contribution in [0.2, 0.25) is 0 Å². The zero-order valence-electron chi connectivity index (χ0n) is 23.2. The van der Waals surface area contributed by atoms with Crippen LogP contribution >= 0.6 is 0 Å². The molecule has 5 aromatic carbocycles. The summed E-state index contributed by atoms with van der Waals surface area (Å²) in [4.78, 5) is 2.33. The molecule has 0 radical (unpaired) electrons. The molecule has 3 aliphatic rings. The lowest BCUT2D eigenvalue weighted by Gasteiger charge is -2.52. The highest BCUT2D eigenvalue weighted by molar-refractivity contribution is 6.12. The van der Waals surface area contributed by atoms with E-state index in [0.29, 0.717) is 5.41 Å². The van der Waals surface area contributed by atoms with Crippen LogP contribution in [0.15, 0.2) is 120 Å². The molecule has 1 aromatic heterocycles. The second kappa shape index (κ2) is 8.60. The predicted octanol–water partition coefficient (Wildman–Crippen LogP) is 10.8. The number of benzene rings is 5. The summed E-state index contributed by atoms with van der Waals surface area (Å²) in [7, 11) is 0. The number of fused-ring (bicyclic) bond motifs is 5. The molecule has 1 heterocycles. The Morgan fingerprint density at radius 2 is 1.15 bits per heavy atom. The molecule has 9 rings (SSSR count). The molecule has 0 saturated heterocycles. The molecule has 2 nitrogen and oxygen atoms in total. The van der Waals surface area contributed by atoms with Crippen LogP contribution in [0.5, 0.6) is 0 Å². The second-order valence-corrected chi connectivity index (χ2v) is 12.4. The third kappa shape index (κ3) is 3.48. The van der Waals surface area contributed by atoms with E-state index >= 15 is 0 Å². The van der Waals surface area contributed by atoms with Gasteiger partial charge in [-0.05, 0) is 101 Å². The number of furan rings is 1. The van der Waals surface area contributed by atoms with Crippen LogP contribution in [-0.4, -0.2) is 0 Å². The first-order valence-corrected chi connectivity index (χ1v) is 14.5. The van der Waals surface area contributed by atoms with Crippen LogP contribution in [0.1, 0.15) is 50.7 Å². The van der Waals surface area contributed by atoms with Gasteiger partial charge in [0.2, 0.25) is 0 Å². The van der Waals surface area contributed by atoms with E-state index in [-0.39, 0.29) is 5.41 Å². The summed E-state index contributed by atoms with van der Waals surface area (Å²) in [5, 5.41) is 2.30. The van der Waals surface area contributed by atoms with E-state index in [1.54, 1.807) is 11.1 Å². The van der Waals surface area contributed by atoms with E-state index < -0.39 is 0 Å². The van der Waals surface area contributed by atoms with E-state index in [1.165, 1.54) is 36.8 Å². The number of nitrogens with zero attached hydrogens (tertiary/aromatic N) is 1. The standard InChI is InChI=1S/C38H33NO/c1-37-19-21-38(2,22-20-37)33-24-26(17-18-32(33)37)27-23-31-30-15-9-10-16-35(30)40-36(31)34(25-27)39(28-11-5-3-6-12-28)29-13-7-4-8-14-29/h3-18,23-25H,19-22H2,1-2H3. The van der Waals surface area contributed by atoms with Crippen LogP contribution in [0.4, 0.5) is 17.1 Å². The summed E-state index contributed by atoms with van der Waals surface area (Å²) < 4.78 is 6.62. The van der Waals surface area contributed by atoms with Crippen LogP contribution in [0.3, 0.4) is 0 Å². The molecule has 2 heteroatoms. The molecule has 0 aliphatic heterocycles. The van der Waals surface area contributed by atoms with Crippen molar-refractivity contribution in [3.63, 3.8) is 0 Å². The van der Waals surface area contributed by atoms with Gasteiger partial charge in [-0.1, -0.05) is 86.6 Å². The van der Waals surface area contributed by atoms with Crippen LogP contribution in [0.25, 0.3) is 33.1 Å². The number of hydrogen-bond donors (Lipinski definition) is 0. The van der Waals surface area contributed by atoms with E-state index in [1.807, 2.05) is 0 Å². The SMILES string of the molecule is CC12CCC(C)(CC1)c1cc(-c3cc(N(c4ccccc4)c4ccccc4)c4oc5ccccc5c4c3)ccc12. The highest BCUT2D eigenvalue weighted by atomic mass is 16.3. The first-order chi connectivity index (χ1) is 19.5. The fourth-order valence-electron chi connectivity index (χ4n) is 7.36. The van der Waals surface area contributed by atoms with E-state index in [9.17, 15) is 0 Å². The fourth-order valence-corrected chi connectivity index (χ4v) is 7.36. The quantitative estimate of drug-likeness (QED) is 0.230. The van der Waals surface area contributed by atoms with Crippen LogP contribution in [-0.2, 0) is 10.8 Å². The largest absolute Gasteiger partial charge is 0.454 e. The summed E-state index contributed by atoms with van der Waals surface area (Å²) in [6, 6.07) is 41.6. The van der Waals surface area contributed by atoms with Crippen molar-refractivity contribution in [1.82, 2.24) is 0 Å². The Morgan fingerprint density at radius 1 is 0.550 bits per heavy atom. The Hall–Kier alpha value is -4.30. The minimum Gasteiger partial charge on any atom is -0.454 e. The van der Waals surface area contributed by atoms with E-state index in [0.717, 1.165) is 39.0 Å². The number of para-hydroxylation sites is 3. The smallest absolute Gasteiger partial charge is 0.159 e. The van der Waals surface area contributed by atoms with Gasteiger partial charge in [-0.3, -0.25) is 0 Å². The average molecular weight is 520 g/mol. The third-order valence-corrected chi connectivity index (χ3v) is 9.84. The summed E-state index contributed by atoms with van der Waals surface area (Å²) >= 11 is 0. The van der Waals surface area contributed by atoms with Gasteiger partial charge in [0, 0.05) is 22.1 Å².